The summed E-state index contributed by atoms with van der Waals surface area (Å²) < 4.78 is 23.5. The molecule has 0 aromatic heterocycles. The van der Waals surface area contributed by atoms with Gasteiger partial charge in [-0.05, 0) is 80.8 Å². The van der Waals surface area contributed by atoms with Crippen molar-refractivity contribution in [2.24, 2.45) is 15.8 Å². The van der Waals surface area contributed by atoms with Crippen LogP contribution in [-0.4, -0.2) is 98.8 Å². The number of anilines is 1. The van der Waals surface area contributed by atoms with E-state index in [1.165, 1.54) is 12.8 Å². The van der Waals surface area contributed by atoms with Crippen LogP contribution in [0.2, 0.25) is 0 Å². The zero-order valence-electron chi connectivity index (χ0n) is 27.5. The van der Waals surface area contributed by atoms with Crippen molar-refractivity contribution in [3.63, 3.8) is 0 Å². The van der Waals surface area contributed by atoms with Gasteiger partial charge < -0.3 is 38.8 Å². The molecule has 1 N–H and O–H groups in total. The summed E-state index contributed by atoms with van der Waals surface area (Å²) in [6.07, 6.45) is 10.1. The molecule has 2 aromatic rings. The number of fused-ring (bicyclic) bond motifs is 4. The standard InChI is InChI=1S/C36H44N4O7/c1-38-26-16-31(29(45-3)14-24(26)33(42)40-21-36(9-10-36)18-27(40)34(38)43)47-12-6-4-5-11-46-30-15-25-23(13-28(30)44-2)32(41)39-20-35(7-8-35)17-22(39)19-37-25/h13-16,19,22,27,34,43H,4-12,17-18,20-21H2,1-3H3/t22-,27-,34-/m0/s1. The zero-order chi connectivity index (χ0) is 32.5. The SMILES string of the molecule is COc1cc2c(cc1OCCCCCOc1cc3c(cc1OC)C(=O)N1CC4(CC4)C[C@H]1[C@H](O)N3C)N=C[C@@H]1CC3(CC3)CN1C2=O. The van der Waals surface area contributed by atoms with E-state index in [2.05, 4.69) is 0 Å². The van der Waals surface area contributed by atoms with Gasteiger partial charge in [-0.15, -0.1) is 0 Å². The van der Waals surface area contributed by atoms with Crippen LogP contribution in [0, 0.1) is 10.8 Å². The summed E-state index contributed by atoms with van der Waals surface area (Å²) in [7, 11) is 5.00. The summed E-state index contributed by atoms with van der Waals surface area (Å²) in [5, 5.41) is 11.2. The molecule has 2 amide bonds. The van der Waals surface area contributed by atoms with Crippen molar-refractivity contribution in [1.29, 1.82) is 0 Å². The van der Waals surface area contributed by atoms with E-state index in [0.717, 1.165) is 51.5 Å². The summed E-state index contributed by atoms with van der Waals surface area (Å²) in [5.41, 5.74) is 2.87. The number of unbranched alkanes of at least 4 members (excludes halogenated alkanes) is 2. The number of rotatable bonds is 10. The Hall–Kier alpha value is -3.99. The highest BCUT2D eigenvalue weighted by molar-refractivity contribution is 6.04. The summed E-state index contributed by atoms with van der Waals surface area (Å²) in [6, 6.07) is 7.00. The maximum Gasteiger partial charge on any atom is 0.256 e. The van der Waals surface area contributed by atoms with Crippen molar-refractivity contribution in [3.05, 3.63) is 35.4 Å². The number of likely N-dealkylation sites (N-methyl/N-ethyl adjacent to an activating group) is 1. The van der Waals surface area contributed by atoms with Crippen LogP contribution in [0.3, 0.4) is 0 Å². The molecular weight excluding hydrogens is 600 g/mol. The van der Waals surface area contributed by atoms with E-state index in [-0.39, 0.29) is 29.3 Å². The molecule has 11 heteroatoms. The van der Waals surface area contributed by atoms with Gasteiger partial charge in [0.1, 0.15) is 6.23 Å². The van der Waals surface area contributed by atoms with Crippen LogP contribution in [-0.2, 0) is 0 Å². The third-order valence-electron chi connectivity index (χ3n) is 11.4. The predicted molar refractivity (Wildman–Crippen MR) is 176 cm³/mol. The Morgan fingerprint density at radius 1 is 0.787 bits per heavy atom. The molecule has 2 spiro atoms. The number of amides is 2. The van der Waals surface area contributed by atoms with E-state index >= 15 is 0 Å². The molecule has 250 valence electrons. The van der Waals surface area contributed by atoms with E-state index in [9.17, 15) is 14.7 Å². The van der Waals surface area contributed by atoms with Crippen LogP contribution in [0.4, 0.5) is 11.4 Å². The van der Waals surface area contributed by atoms with Crippen LogP contribution >= 0.6 is 0 Å². The first-order valence-corrected chi connectivity index (χ1v) is 17.0. The molecule has 0 unspecified atom stereocenters. The Bertz CT molecular complexity index is 1630. The fraction of sp³-hybridized carbons (Fsp3) is 0.583. The topological polar surface area (TPSA) is 113 Å². The molecule has 4 fully saturated rings. The maximum absolute atomic E-state index is 13.6. The summed E-state index contributed by atoms with van der Waals surface area (Å²) >= 11 is 0. The van der Waals surface area contributed by atoms with Crippen LogP contribution < -0.4 is 23.8 Å². The molecule has 4 aliphatic heterocycles. The number of nitrogens with zero attached hydrogens (tertiary/aromatic N) is 4. The van der Waals surface area contributed by atoms with Crippen LogP contribution in [0.1, 0.15) is 78.5 Å². The number of carbonyl (C=O) groups excluding carboxylic acids is 2. The number of aliphatic hydroxyl groups excluding tert-OH is 1. The quantitative estimate of drug-likeness (QED) is 0.367. The van der Waals surface area contributed by atoms with E-state index < -0.39 is 6.23 Å². The monoisotopic (exact) mass is 644 g/mol. The van der Waals surface area contributed by atoms with E-state index in [4.69, 9.17) is 23.9 Å². The molecule has 2 saturated carbocycles. The molecule has 11 nitrogen and oxygen atoms in total. The maximum atomic E-state index is 13.6. The van der Waals surface area contributed by atoms with Gasteiger partial charge in [0, 0.05) is 38.5 Å². The second-order valence-electron chi connectivity index (χ2n) is 14.5. The number of methoxy groups -OCH3 is 2. The third-order valence-corrected chi connectivity index (χ3v) is 11.4. The molecule has 8 rings (SSSR count). The lowest BCUT2D eigenvalue weighted by molar-refractivity contribution is 0.0526. The molecule has 2 aliphatic carbocycles. The number of ether oxygens (including phenoxy) is 4. The Morgan fingerprint density at radius 3 is 2.04 bits per heavy atom. The number of hydrogen-bond acceptors (Lipinski definition) is 9. The number of aliphatic hydroxyl groups is 1. The Kier molecular flexibility index (Phi) is 7.31. The van der Waals surface area contributed by atoms with Gasteiger partial charge in [-0.25, -0.2) is 0 Å². The molecular formula is C36H44N4O7. The highest BCUT2D eigenvalue weighted by Crippen LogP contribution is 2.57. The predicted octanol–water partition coefficient (Wildman–Crippen LogP) is 4.81. The first-order chi connectivity index (χ1) is 22.7. The minimum absolute atomic E-state index is 0.0171. The van der Waals surface area contributed by atoms with Crippen molar-refractivity contribution >= 4 is 29.4 Å². The minimum Gasteiger partial charge on any atom is -0.493 e. The van der Waals surface area contributed by atoms with Crippen molar-refractivity contribution in [2.75, 3.05) is 52.5 Å². The highest BCUT2D eigenvalue weighted by Gasteiger charge is 2.57. The van der Waals surface area contributed by atoms with E-state index in [1.807, 2.05) is 35.2 Å². The zero-order valence-corrected chi connectivity index (χ0v) is 27.5. The lowest BCUT2D eigenvalue weighted by atomic mass is 10.0. The van der Waals surface area contributed by atoms with Crippen molar-refractivity contribution in [3.8, 4) is 23.0 Å². The third kappa shape index (κ3) is 5.27. The molecule has 4 heterocycles. The molecule has 3 atom stereocenters. The second-order valence-corrected chi connectivity index (χ2v) is 14.5. The van der Waals surface area contributed by atoms with E-state index in [1.54, 1.807) is 31.3 Å². The summed E-state index contributed by atoms with van der Waals surface area (Å²) in [6.45, 7) is 2.46. The Labute approximate surface area is 275 Å². The Balaban J connectivity index is 0.864. The van der Waals surface area contributed by atoms with Crippen molar-refractivity contribution in [1.82, 2.24) is 9.80 Å². The normalized spacial score (nSPS) is 25.6. The molecule has 0 bridgehead atoms. The number of benzene rings is 2. The first kappa shape index (κ1) is 30.4. The molecule has 2 aromatic carbocycles. The van der Waals surface area contributed by atoms with Gasteiger partial charge in [-0.1, -0.05) is 0 Å². The van der Waals surface area contributed by atoms with Gasteiger partial charge in [0.2, 0.25) is 0 Å². The summed E-state index contributed by atoms with van der Waals surface area (Å²) in [5.74, 6) is 2.13. The molecule has 0 radical (unpaired) electrons. The van der Waals surface area contributed by atoms with Gasteiger partial charge in [0.15, 0.2) is 23.0 Å². The molecule has 6 aliphatic rings. The first-order valence-electron chi connectivity index (χ1n) is 17.0. The number of carbonyl (C=O) groups is 2. The average molecular weight is 645 g/mol. The smallest absolute Gasteiger partial charge is 0.256 e. The van der Waals surface area contributed by atoms with Gasteiger partial charge in [-0.2, -0.15) is 0 Å². The van der Waals surface area contributed by atoms with Gasteiger partial charge in [0.25, 0.3) is 11.8 Å². The average Bonchev–Trinajstić information content (AvgIpc) is 3.96. The van der Waals surface area contributed by atoms with Crippen LogP contribution in [0.15, 0.2) is 29.3 Å². The molecule has 47 heavy (non-hydrogen) atoms. The van der Waals surface area contributed by atoms with E-state index in [0.29, 0.717) is 70.7 Å². The highest BCUT2D eigenvalue weighted by atomic mass is 16.5. The van der Waals surface area contributed by atoms with Crippen LogP contribution in [0.5, 0.6) is 23.0 Å². The second kappa shape index (κ2) is 11.3. The fourth-order valence-electron chi connectivity index (χ4n) is 8.12. The Morgan fingerprint density at radius 2 is 1.38 bits per heavy atom. The number of hydrogen-bond donors (Lipinski definition) is 1. The number of aliphatic imine (C=N–C) groups is 1. The minimum atomic E-state index is -0.779. The van der Waals surface area contributed by atoms with Crippen molar-refractivity contribution in [2.45, 2.75) is 76.1 Å². The lowest BCUT2D eigenvalue weighted by Gasteiger charge is -2.31. The lowest BCUT2D eigenvalue weighted by Crippen LogP contribution is -2.47. The van der Waals surface area contributed by atoms with Crippen molar-refractivity contribution < 1.29 is 33.6 Å². The summed E-state index contributed by atoms with van der Waals surface area (Å²) in [4.78, 5) is 37.4. The van der Waals surface area contributed by atoms with Gasteiger partial charge >= 0.3 is 0 Å². The van der Waals surface area contributed by atoms with Gasteiger partial charge in [-0.3, -0.25) is 14.6 Å². The van der Waals surface area contributed by atoms with Crippen LogP contribution in [0.25, 0.3) is 0 Å². The largest absolute Gasteiger partial charge is 0.493 e. The van der Waals surface area contributed by atoms with Gasteiger partial charge in [0.05, 0.1) is 62.0 Å². The molecule has 2 saturated heterocycles. The fourth-order valence-corrected chi connectivity index (χ4v) is 8.12.